The molecule has 0 atom stereocenters. The zero-order valence-electron chi connectivity index (χ0n) is 50.4. The second-order valence-corrected chi connectivity index (χ2v) is 30.7. The summed E-state index contributed by atoms with van der Waals surface area (Å²) in [6.07, 6.45) is 0. The molecule has 12 heteroatoms. The van der Waals surface area contributed by atoms with Crippen LogP contribution in [0.3, 0.4) is 0 Å². The van der Waals surface area contributed by atoms with E-state index in [2.05, 4.69) is 291 Å². The minimum absolute atomic E-state index is 0.478. The maximum absolute atomic E-state index is 6.60. The van der Waals surface area contributed by atoms with Crippen molar-refractivity contribution in [2.45, 2.75) is 0 Å². The summed E-state index contributed by atoms with van der Waals surface area (Å²) in [5.74, 6) is 6.09. The lowest BCUT2D eigenvalue weighted by atomic mass is 10.0. The van der Waals surface area contributed by atoms with E-state index >= 15 is 0 Å². The predicted octanol–water partition coefficient (Wildman–Crippen LogP) is 12.8. The quantitative estimate of drug-likeness (QED) is 0.0997. The van der Waals surface area contributed by atoms with Gasteiger partial charge in [0, 0.05) is 22.3 Å². The third kappa shape index (κ3) is 12.0. The summed E-state index contributed by atoms with van der Waals surface area (Å²) in [4.78, 5) is 0. The Morgan fingerprint density at radius 3 is 0.478 bits per heavy atom. The molecule has 0 aliphatic carbocycles. The molecule has 0 aromatic heterocycles. The van der Waals surface area contributed by atoms with Crippen LogP contribution in [0.1, 0.15) is 0 Å². The standard InChI is InChI=1S/2C40H32O4P2/c2*1-5-13-29(14-6-1)45(30-15-7-2-8-16-30)35-23-21-33-39(43-27-25-41-33)37(35)38-36(24-22-34-40(38)44-28-26-42-34)46(31-17-9-3-10-18-31)32-19-11-4-12-20-32/h2*1-24H,25-28H2. The summed E-state index contributed by atoms with van der Waals surface area (Å²) in [6.45, 7) is 3.96. The zero-order valence-corrected chi connectivity index (χ0v) is 54.0. The number of hydrogen-bond acceptors (Lipinski definition) is 8. The van der Waals surface area contributed by atoms with Crippen LogP contribution in [-0.2, 0) is 0 Å². The first kappa shape index (κ1) is 59.1. The van der Waals surface area contributed by atoms with E-state index in [1.165, 1.54) is 63.7 Å². The highest BCUT2D eigenvalue weighted by molar-refractivity contribution is 7.81. The van der Waals surface area contributed by atoms with E-state index in [4.69, 9.17) is 37.9 Å². The molecule has 0 N–H and O–H groups in total. The van der Waals surface area contributed by atoms with Crippen molar-refractivity contribution in [3.05, 3.63) is 291 Å². The second-order valence-electron chi connectivity index (χ2n) is 22.0. The number of ether oxygens (including phenoxy) is 8. The molecule has 12 aromatic carbocycles. The van der Waals surface area contributed by atoms with E-state index in [1.807, 2.05) is 0 Å². The summed E-state index contributed by atoms with van der Waals surface area (Å²) >= 11 is 0. The average Bonchev–Trinajstić information content (AvgIpc) is 0.750. The maximum Gasteiger partial charge on any atom is 0.169 e. The highest BCUT2D eigenvalue weighted by atomic mass is 31.1. The minimum Gasteiger partial charge on any atom is -0.486 e. The van der Waals surface area contributed by atoms with Gasteiger partial charge in [0.15, 0.2) is 46.0 Å². The fraction of sp³-hybridized carbons (Fsp3) is 0.100. The number of rotatable bonds is 14. The van der Waals surface area contributed by atoms with Gasteiger partial charge in [0.2, 0.25) is 0 Å². The van der Waals surface area contributed by atoms with Crippen LogP contribution >= 0.6 is 31.7 Å². The molecule has 0 unspecified atom stereocenters. The lowest BCUT2D eigenvalue weighted by Gasteiger charge is -2.32. The zero-order chi connectivity index (χ0) is 61.4. The Morgan fingerprint density at radius 1 is 0.163 bits per heavy atom. The van der Waals surface area contributed by atoms with Gasteiger partial charge in [-0.3, -0.25) is 0 Å². The SMILES string of the molecule is c1ccc(P(c2ccccc2)c2ccc3c(c2-c2c(P(c4ccccc4)c4ccccc4)ccc4c2OCCO4)OCCO3)cc1.c1ccc(P(c2ccccc2)c2ccc3c(c2-c2c(P(c4ccccc4)c4ccccc4)ccc4c2OCCO4)OCCO3)cc1. The molecule has 0 amide bonds. The van der Waals surface area contributed by atoms with Gasteiger partial charge in [0.25, 0.3) is 0 Å². The molecule has 0 saturated carbocycles. The summed E-state index contributed by atoms with van der Waals surface area (Å²) < 4.78 is 51.5. The van der Waals surface area contributed by atoms with Crippen molar-refractivity contribution in [2.24, 2.45) is 0 Å². The van der Waals surface area contributed by atoms with Gasteiger partial charge in [-0.25, -0.2) is 0 Å². The Balaban J connectivity index is 0.000000153. The Hall–Kier alpha value is -9.24. The Labute approximate surface area is 542 Å². The fourth-order valence-electron chi connectivity index (χ4n) is 12.5. The topological polar surface area (TPSA) is 73.8 Å². The van der Waals surface area contributed by atoms with E-state index in [0.29, 0.717) is 52.9 Å². The maximum atomic E-state index is 6.60. The molecule has 8 nitrogen and oxygen atoms in total. The molecule has 16 rings (SSSR count). The average molecular weight is 1280 g/mol. The molecule has 0 bridgehead atoms. The lowest BCUT2D eigenvalue weighted by Crippen LogP contribution is -2.29. The highest BCUT2D eigenvalue weighted by Crippen LogP contribution is 2.55. The largest absolute Gasteiger partial charge is 0.486 e. The summed E-state index contributed by atoms with van der Waals surface area (Å²) in [7, 11) is -3.94. The van der Waals surface area contributed by atoms with Crippen molar-refractivity contribution < 1.29 is 37.9 Å². The van der Waals surface area contributed by atoms with Crippen LogP contribution in [0.4, 0.5) is 0 Å². The van der Waals surface area contributed by atoms with Crippen molar-refractivity contribution in [3.63, 3.8) is 0 Å². The Morgan fingerprint density at radius 2 is 0.315 bits per heavy atom. The third-order valence-corrected chi connectivity index (χ3v) is 26.3. The smallest absolute Gasteiger partial charge is 0.169 e. The van der Waals surface area contributed by atoms with Crippen molar-refractivity contribution in [3.8, 4) is 68.2 Å². The number of benzene rings is 12. The molecular formula is C80H64O8P4. The molecule has 4 heterocycles. The molecule has 4 aliphatic rings. The van der Waals surface area contributed by atoms with E-state index in [9.17, 15) is 0 Å². The predicted molar refractivity (Wildman–Crippen MR) is 383 cm³/mol. The van der Waals surface area contributed by atoms with Crippen molar-refractivity contribution >= 4 is 95.3 Å². The van der Waals surface area contributed by atoms with Gasteiger partial charge in [-0.15, -0.1) is 0 Å². The van der Waals surface area contributed by atoms with Gasteiger partial charge >= 0.3 is 0 Å². The molecule has 0 spiro atoms. The number of hydrogen-bond donors (Lipinski definition) is 0. The lowest BCUT2D eigenvalue weighted by molar-refractivity contribution is 0.170. The second kappa shape index (κ2) is 27.7. The minimum atomic E-state index is -0.984. The van der Waals surface area contributed by atoms with E-state index < -0.39 is 31.7 Å². The first-order valence-electron chi connectivity index (χ1n) is 31.1. The molecule has 0 saturated heterocycles. The van der Waals surface area contributed by atoms with Gasteiger partial charge in [-0.2, -0.15) is 0 Å². The van der Waals surface area contributed by atoms with Crippen molar-refractivity contribution in [1.29, 1.82) is 0 Å². The van der Waals surface area contributed by atoms with Crippen molar-refractivity contribution in [1.82, 2.24) is 0 Å². The van der Waals surface area contributed by atoms with Crippen LogP contribution in [0.15, 0.2) is 291 Å². The summed E-state index contributed by atoms with van der Waals surface area (Å²) in [5, 5.41) is 14.9. The first-order valence-corrected chi connectivity index (χ1v) is 36.4. The van der Waals surface area contributed by atoms with Gasteiger partial charge < -0.3 is 37.9 Å². The van der Waals surface area contributed by atoms with Gasteiger partial charge in [0.1, 0.15) is 52.9 Å². The normalized spacial score (nSPS) is 13.5. The Kier molecular flexibility index (Phi) is 17.8. The fourth-order valence-corrected chi connectivity index (χ4v) is 22.3. The van der Waals surface area contributed by atoms with E-state index in [1.54, 1.807) is 0 Å². The van der Waals surface area contributed by atoms with E-state index in [-0.39, 0.29) is 0 Å². The molecule has 4 aliphatic heterocycles. The van der Waals surface area contributed by atoms with E-state index in [0.717, 1.165) is 68.2 Å². The van der Waals surface area contributed by atoms with Crippen LogP contribution in [0.5, 0.6) is 46.0 Å². The molecule has 92 heavy (non-hydrogen) atoms. The molecule has 452 valence electrons. The van der Waals surface area contributed by atoms with Gasteiger partial charge in [0.05, 0.1) is 0 Å². The molecular weight excluding hydrogens is 1210 g/mol. The van der Waals surface area contributed by atoms with Crippen LogP contribution in [0, 0.1) is 0 Å². The van der Waals surface area contributed by atoms with Crippen LogP contribution in [0.2, 0.25) is 0 Å². The van der Waals surface area contributed by atoms with Crippen LogP contribution < -0.4 is 102 Å². The Bertz CT molecular complexity index is 3740. The van der Waals surface area contributed by atoms with Crippen LogP contribution in [-0.4, -0.2) is 52.9 Å². The van der Waals surface area contributed by atoms with Crippen LogP contribution in [0.25, 0.3) is 22.3 Å². The molecule has 0 radical (unpaired) electrons. The van der Waals surface area contributed by atoms with Crippen molar-refractivity contribution in [2.75, 3.05) is 52.9 Å². The van der Waals surface area contributed by atoms with Gasteiger partial charge in [-0.1, -0.05) is 243 Å². The molecule has 0 fully saturated rings. The monoisotopic (exact) mass is 1280 g/mol. The highest BCUT2D eigenvalue weighted by Gasteiger charge is 2.37. The molecule has 12 aromatic rings. The first-order chi connectivity index (χ1) is 45.7. The summed E-state index contributed by atoms with van der Waals surface area (Å²) in [5.41, 5.74) is 4.08. The number of fused-ring (bicyclic) bond motifs is 4. The van der Waals surface area contributed by atoms with Gasteiger partial charge in [-0.05, 0) is 144 Å². The third-order valence-electron chi connectivity index (χ3n) is 16.3. The summed E-state index contributed by atoms with van der Waals surface area (Å²) in [6, 6.07) is 104.